The summed E-state index contributed by atoms with van der Waals surface area (Å²) < 4.78 is 10.1. The lowest BCUT2D eigenvalue weighted by molar-refractivity contribution is -0.125. The molecule has 6 heteroatoms. The van der Waals surface area contributed by atoms with Crippen LogP contribution in [-0.2, 0) is 9.53 Å². The number of amides is 1. The molecular weight excluding hydrogens is 236 g/mol. The molecule has 4 N–H and O–H groups in total. The van der Waals surface area contributed by atoms with E-state index in [0.717, 1.165) is 0 Å². The zero-order valence-corrected chi connectivity index (χ0v) is 9.67. The number of ether oxygens (including phenoxy) is 1. The lowest BCUT2D eigenvalue weighted by atomic mass is 10.2. The van der Waals surface area contributed by atoms with Gasteiger partial charge in [-0.25, -0.2) is 4.79 Å². The maximum absolute atomic E-state index is 11.7. The zero-order chi connectivity index (χ0) is 13.3. The molecule has 0 saturated heterocycles. The average molecular weight is 248 g/mol. The predicted molar refractivity (Wildman–Crippen MR) is 64.7 cm³/mol. The molecule has 0 fully saturated rings. The molecule has 1 aromatic heterocycles. The number of primary amides is 1. The largest absolute Gasteiger partial charge is 0.449 e. The number of anilines is 1. The number of nitrogen functional groups attached to an aromatic ring is 1. The van der Waals surface area contributed by atoms with Crippen LogP contribution < -0.4 is 11.5 Å². The zero-order valence-electron chi connectivity index (χ0n) is 9.67. The smallest absolute Gasteiger partial charge is 0.375 e. The van der Waals surface area contributed by atoms with Crippen LogP contribution in [0, 0.1) is 0 Å². The van der Waals surface area contributed by atoms with E-state index in [9.17, 15) is 9.59 Å². The second-order valence-electron chi connectivity index (χ2n) is 3.86. The molecule has 6 nitrogen and oxygen atoms in total. The van der Waals surface area contributed by atoms with Crippen LogP contribution in [-0.4, -0.2) is 18.0 Å². The minimum Gasteiger partial charge on any atom is -0.449 e. The Kier molecular flexibility index (Phi) is 2.93. The highest BCUT2D eigenvalue weighted by Crippen LogP contribution is 2.22. The van der Waals surface area contributed by atoms with Crippen molar-refractivity contribution >= 4 is 28.5 Å². The highest BCUT2D eigenvalue weighted by molar-refractivity contribution is 5.94. The molecule has 0 aliphatic carbocycles. The van der Waals surface area contributed by atoms with Crippen LogP contribution in [0.25, 0.3) is 11.0 Å². The van der Waals surface area contributed by atoms with Gasteiger partial charge in [0.05, 0.1) is 0 Å². The molecule has 1 unspecified atom stereocenters. The lowest BCUT2D eigenvalue weighted by Gasteiger charge is -2.07. The minimum atomic E-state index is -1.00. The second-order valence-corrected chi connectivity index (χ2v) is 3.86. The normalized spacial score (nSPS) is 12.3. The third kappa shape index (κ3) is 2.27. The Hall–Kier alpha value is -2.50. The van der Waals surface area contributed by atoms with Gasteiger partial charge in [0.25, 0.3) is 5.91 Å². The highest BCUT2D eigenvalue weighted by Gasteiger charge is 2.19. The Balaban J connectivity index is 2.26. The molecule has 18 heavy (non-hydrogen) atoms. The van der Waals surface area contributed by atoms with Gasteiger partial charge in [-0.3, -0.25) is 4.79 Å². The van der Waals surface area contributed by atoms with Crippen LogP contribution in [0.3, 0.4) is 0 Å². The van der Waals surface area contributed by atoms with Crippen LogP contribution in [0.4, 0.5) is 5.69 Å². The third-order valence-corrected chi connectivity index (χ3v) is 2.43. The summed E-state index contributed by atoms with van der Waals surface area (Å²) in [6, 6.07) is 6.49. The van der Waals surface area contributed by atoms with E-state index < -0.39 is 18.0 Å². The topological polar surface area (TPSA) is 109 Å². The van der Waals surface area contributed by atoms with Gasteiger partial charge < -0.3 is 20.6 Å². The molecular formula is C12H12N2O4. The van der Waals surface area contributed by atoms with Crippen LogP contribution >= 0.6 is 0 Å². The van der Waals surface area contributed by atoms with E-state index in [1.165, 1.54) is 13.0 Å². The molecule has 2 aromatic rings. The Morgan fingerprint density at radius 2 is 2.06 bits per heavy atom. The van der Waals surface area contributed by atoms with Crippen LogP contribution in [0.5, 0.6) is 0 Å². The summed E-state index contributed by atoms with van der Waals surface area (Å²) in [7, 11) is 0. The number of hydrogen-bond acceptors (Lipinski definition) is 5. The van der Waals surface area contributed by atoms with Crippen molar-refractivity contribution in [1.29, 1.82) is 0 Å². The van der Waals surface area contributed by atoms with Gasteiger partial charge in [0.1, 0.15) is 5.58 Å². The van der Waals surface area contributed by atoms with Gasteiger partial charge in [0.2, 0.25) is 5.76 Å². The SMILES string of the molecule is CC(OC(=O)c1cc2cc(N)ccc2o1)C(N)=O. The Morgan fingerprint density at radius 1 is 1.33 bits per heavy atom. The van der Waals surface area contributed by atoms with Crippen molar-refractivity contribution in [2.45, 2.75) is 13.0 Å². The van der Waals surface area contributed by atoms with Crippen molar-refractivity contribution in [3.05, 3.63) is 30.0 Å². The summed E-state index contributed by atoms with van der Waals surface area (Å²) in [4.78, 5) is 22.4. The molecule has 1 atom stereocenters. The maximum atomic E-state index is 11.7. The number of carbonyl (C=O) groups is 2. The minimum absolute atomic E-state index is 0.00343. The molecule has 1 heterocycles. The summed E-state index contributed by atoms with van der Waals surface area (Å²) in [6.07, 6.45) is -1.00. The predicted octanol–water partition coefficient (Wildman–Crippen LogP) is 1.05. The lowest BCUT2D eigenvalue weighted by Crippen LogP contribution is -2.30. The standard InChI is InChI=1S/C12H12N2O4/c1-6(11(14)15)17-12(16)10-5-7-4-8(13)2-3-9(7)18-10/h2-6H,13H2,1H3,(H2,14,15). The highest BCUT2D eigenvalue weighted by atomic mass is 16.6. The van der Waals surface area contributed by atoms with Gasteiger partial charge in [0.15, 0.2) is 6.10 Å². The van der Waals surface area contributed by atoms with Crippen molar-refractivity contribution in [2.24, 2.45) is 5.73 Å². The van der Waals surface area contributed by atoms with Gasteiger partial charge in [-0.1, -0.05) is 0 Å². The number of esters is 1. The number of carbonyl (C=O) groups excluding carboxylic acids is 2. The van der Waals surface area contributed by atoms with E-state index in [1.54, 1.807) is 18.2 Å². The van der Waals surface area contributed by atoms with E-state index in [2.05, 4.69) is 0 Å². The summed E-state index contributed by atoms with van der Waals surface area (Å²) in [5.74, 6) is -1.46. The summed E-state index contributed by atoms with van der Waals surface area (Å²) in [6.45, 7) is 1.39. The van der Waals surface area contributed by atoms with Crippen LogP contribution in [0.15, 0.2) is 28.7 Å². The summed E-state index contributed by atoms with van der Waals surface area (Å²) in [5.41, 5.74) is 11.7. The molecule has 0 aliphatic heterocycles. The number of furan rings is 1. The quantitative estimate of drug-likeness (QED) is 0.623. The molecule has 2 rings (SSSR count). The molecule has 0 radical (unpaired) electrons. The van der Waals surface area contributed by atoms with E-state index in [0.29, 0.717) is 16.7 Å². The first kappa shape index (κ1) is 12.0. The summed E-state index contributed by atoms with van der Waals surface area (Å²) in [5, 5.41) is 0.689. The monoisotopic (exact) mass is 248 g/mol. The van der Waals surface area contributed by atoms with Crippen molar-refractivity contribution < 1.29 is 18.7 Å². The number of nitrogens with two attached hydrogens (primary N) is 2. The van der Waals surface area contributed by atoms with Crippen molar-refractivity contribution in [3.8, 4) is 0 Å². The van der Waals surface area contributed by atoms with Crippen molar-refractivity contribution in [3.63, 3.8) is 0 Å². The number of hydrogen-bond donors (Lipinski definition) is 2. The first-order valence-electron chi connectivity index (χ1n) is 5.27. The fraction of sp³-hybridized carbons (Fsp3) is 0.167. The Bertz CT molecular complexity index is 618. The molecule has 1 aromatic carbocycles. The van der Waals surface area contributed by atoms with Gasteiger partial charge in [-0.2, -0.15) is 0 Å². The number of rotatable bonds is 3. The third-order valence-electron chi connectivity index (χ3n) is 2.43. The van der Waals surface area contributed by atoms with E-state index in [-0.39, 0.29) is 5.76 Å². The fourth-order valence-corrected chi connectivity index (χ4v) is 1.44. The molecule has 0 saturated carbocycles. The van der Waals surface area contributed by atoms with Crippen LogP contribution in [0.1, 0.15) is 17.5 Å². The first-order chi connectivity index (χ1) is 8.47. The molecule has 0 bridgehead atoms. The Morgan fingerprint density at radius 3 is 2.72 bits per heavy atom. The maximum Gasteiger partial charge on any atom is 0.375 e. The molecule has 0 spiro atoms. The number of fused-ring (bicyclic) bond motifs is 1. The number of benzene rings is 1. The van der Waals surface area contributed by atoms with Crippen molar-refractivity contribution in [2.75, 3.05) is 5.73 Å². The van der Waals surface area contributed by atoms with E-state index >= 15 is 0 Å². The first-order valence-corrected chi connectivity index (χ1v) is 5.27. The second kappa shape index (κ2) is 4.40. The van der Waals surface area contributed by atoms with Crippen molar-refractivity contribution in [1.82, 2.24) is 0 Å². The van der Waals surface area contributed by atoms with Gasteiger partial charge in [-0.15, -0.1) is 0 Å². The Labute approximate surface area is 102 Å². The fourth-order valence-electron chi connectivity index (χ4n) is 1.44. The molecule has 94 valence electrons. The van der Waals surface area contributed by atoms with Gasteiger partial charge >= 0.3 is 5.97 Å². The van der Waals surface area contributed by atoms with Gasteiger partial charge in [-0.05, 0) is 31.2 Å². The summed E-state index contributed by atoms with van der Waals surface area (Å²) >= 11 is 0. The average Bonchev–Trinajstić information content (AvgIpc) is 2.71. The van der Waals surface area contributed by atoms with Gasteiger partial charge in [0, 0.05) is 11.1 Å². The van der Waals surface area contributed by atoms with Crippen LogP contribution in [0.2, 0.25) is 0 Å². The molecule has 0 aliphatic rings. The van der Waals surface area contributed by atoms with E-state index in [1.807, 2.05) is 0 Å². The van der Waals surface area contributed by atoms with E-state index in [4.69, 9.17) is 20.6 Å². The molecule has 1 amide bonds.